The number of rotatable bonds is 6. The Balaban J connectivity index is 3.16. The smallest absolute Gasteiger partial charge is 0.160 e. The van der Waals surface area contributed by atoms with Gasteiger partial charge < -0.3 is 10.5 Å². The number of anilines is 1. The number of hydrogen-bond donors (Lipinski definition) is 1. The van der Waals surface area contributed by atoms with Crippen LogP contribution in [0.2, 0.25) is 0 Å². The van der Waals surface area contributed by atoms with E-state index in [1.54, 1.807) is 0 Å². The van der Waals surface area contributed by atoms with Crippen LogP contribution in [0.5, 0.6) is 0 Å². The molecule has 0 aliphatic rings. The Morgan fingerprint density at radius 2 is 1.84 bits per heavy atom. The SMILES string of the molecule is CCOC(c1nc(N)c(I)c(CC(C)C)n1)C(C)C. The van der Waals surface area contributed by atoms with Crippen LogP contribution < -0.4 is 5.73 Å². The first kappa shape index (κ1) is 16.6. The van der Waals surface area contributed by atoms with Crippen LogP contribution in [-0.4, -0.2) is 16.6 Å². The molecule has 5 heteroatoms. The van der Waals surface area contributed by atoms with Crippen molar-refractivity contribution in [2.75, 3.05) is 12.3 Å². The van der Waals surface area contributed by atoms with E-state index >= 15 is 0 Å². The van der Waals surface area contributed by atoms with Crippen molar-refractivity contribution < 1.29 is 4.74 Å². The first-order valence-electron chi connectivity index (χ1n) is 6.80. The highest BCUT2D eigenvalue weighted by atomic mass is 127. The molecule has 1 heterocycles. The molecule has 0 spiro atoms. The summed E-state index contributed by atoms with van der Waals surface area (Å²) in [7, 11) is 0. The van der Waals surface area contributed by atoms with E-state index in [4.69, 9.17) is 10.5 Å². The summed E-state index contributed by atoms with van der Waals surface area (Å²) in [5.41, 5.74) is 7.05. The number of hydrogen-bond acceptors (Lipinski definition) is 4. The van der Waals surface area contributed by atoms with Gasteiger partial charge >= 0.3 is 0 Å². The van der Waals surface area contributed by atoms with Crippen molar-refractivity contribution in [1.82, 2.24) is 9.97 Å². The maximum absolute atomic E-state index is 6.02. The summed E-state index contributed by atoms with van der Waals surface area (Å²) in [4.78, 5) is 9.10. The molecule has 0 saturated carbocycles. The topological polar surface area (TPSA) is 61.0 Å². The van der Waals surface area contributed by atoms with Crippen LogP contribution in [0, 0.1) is 15.4 Å². The molecule has 1 rings (SSSR count). The van der Waals surface area contributed by atoms with Crippen molar-refractivity contribution in [3.63, 3.8) is 0 Å². The fourth-order valence-corrected chi connectivity index (χ4v) is 2.39. The molecule has 0 bridgehead atoms. The Bertz CT molecular complexity index is 421. The van der Waals surface area contributed by atoms with Gasteiger partial charge in [0.25, 0.3) is 0 Å². The van der Waals surface area contributed by atoms with Gasteiger partial charge in [0.05, 0.1) is 9.26 Å². The molecule has 19 heavy (non-hydrogen) atoms. The zero-order valence-electron chi connectivity index (χ0n) is 12.4. The van der Waals surface area contributed by atoms with Gasteiger partial charge in [0.2, 0.25) is 0 Å². The van der Waals surface area contributed by atoms with Crippen molar-refractivity contribution in [3.05, 3.63) is 15.1 Å². The summed E-state index contributed by atoms with van der Waals surface area (Å²) in [5, 5.41) is 0. The van der Waals surface area contributed by atoms with E-state index in [0.29, 0.717) is 30.1 Å². The van der Waals surface area contributed by atoms with Crippen molar-refractivity contribution in [2.24, 2.45) is 11.8 Å². The van der Waals surface area contributed by atoms with Crippen LogP contribution in [-0.2, 0) is 11.2 Å². The zero-order valence-corrected chi connectivity index (χ0v) is 14.6. The Hall–Kier alpha value is -0.430. The zero-order chi connectivity index (χ0) is 14.6. The van der Waals surface area contributed by atoms with Crippen LogP contribution in [0.3, 0.4) is 0 Å². The highest BCUT2D eigenvalue weighted by Gasteiger charge is 2.22. The van der Waals surface area contributed by atoms with E-state index in [9.17, 15) is 0 Å². The number of nitrogens with zero attached hydrogens (tertiary/aromatic N) is 2. The molecular weight excluding hydrogens is 353 g/mol. The number of halogens is 1. The molecule has 0 aromatic carbocycles. The Kier molecular flexibility index (Phi) is 6.46. The second-order valence-electron chi connectivity index (χ2n) is 5.45. The van der Waals surface area contributed by atoms with Gasteiger partial charge in [0, 0.05) is 6.61 Å². The third-order valence-electron chi connectivity index (χ3n) is 2.77. The minimum Gasteiger partial charge on any atom is -0.383 e. The third-order valence-corrected chi connectivity index (χ3v) is 3.95. The van der Waals surface area contributed by atoms with E-state index in [2.05, 4.69) is 60.3 Å². The lowest BCUT2D eigenvalue weighted by atomic mass is 10.1. The van der Waals surface area contributed by atoms with E-state index in [-0.39, 0.29) is 6.10 Å². The lowest BCUT2D eigenvalue weighted by molar-refractivity contribution is 0.0231. The monoisotopic (exact) mass is 377 g/mol. The van der Waals surface area contributed by atoms with E-state index < -0.39 is 0 Å². The van der Waals surface area contributed by atoms with Gasteiger partial charge in [-0.15, -0.1) is 0 Å². The lowest BCUT2D eigenvalue weighted by Crippen LogP contribution is -2.18. The summed E-state index contributed by atoms with van der Waals surface area (Å²) in [6.45, 7) is 11.2. The average molecular weight is 377 g/mol. The predicted molar refractivity (Wildman–Crippen MR) is 86.9 cm³/mol. The number of aromatic nitrogens is 2. The first-order valence-corrected chi connectivity index (χ1v) is 7.88. The molecule has 0 aliphatic heterocycles. The normalized spacial score (nSPS) is 13.3. The number of ether oxygens (including phenoxy) is 1. The third kappa shape index (κ3) is 4.56. The summed E-state index contributed by atoms with van der Waals surface area (Å²) in [6, 6.07) is 0. The van der Waals surface area contributed by atoms with E-state index in [1.165, 1.54) is 0 Å². The van der Waals surface area contributed by atoms with Gasteiger partial charge in [-0.3, -0.25) is 0 Å². The fourth-order valence-electron chi connectivity index (χ4n) is 1.93. The predicted octanol–water partition coefficient (Wildman–Crippen LogP) is 3.60. The minimum atomic E-state index is -0.0878. The largest absolute Gasteiger partial charge is 0.383 e. The highest BCUT2D eigenvalue weighted by molar-refractivity contribution is 14.1. The fraction of sp³-hybridized carbons (Fsp3) is 0.714. The second-order valence-corrected chi connectivity index (χ2v) is 6.52. The maximum atomic E-state index is 6.02. The van der Waals surface area contributed by atoms with Crippen LogP contribution in [0.25, 0.3) is 0 Å². The highest BCUT2D eigenvalue weighted by Crippen LogP contribution is 2.27. The lowest BCUT2D eigenvalue weighted by Gasteiger charge is -2.21. The van der Waals surface area contributed by atoms with E-state index in [0.717, 1.165) is 15.7 Å². The molecule has 1 aromatic rings. The van der Waals surface area contributed by atoms with Gasteiger partial charge in [-0.05, 0) is 47.8 Å². The van der Waals surface area contributed by atoms with Crippen molar-refractivity contribution >= 4 is 28.4 Å². The van der Waals surface area contributed by atoms with Crippen LogP contribution in [0.1, 0.15) is 52.2 Å². The van der Waals surface area contributed by atoms with Gasteiger partial charge in [-0.2, -0.15) is 0 Å². The Labute approximate surface area is 129 Å². The summed E-state index contributed by atoms with van der Waals surface area (Å²) in [6.07, 6.45) is 0.824. The summed E-state index contributed by atoms with van der Waals surface area (Å²) < 4.78 is 6.73. The quantitative estimate of drug-likeness (QED) is 0.770. The number of nitrogens with two attached hydrogens (primary N) is 1. The van der Waals surface area contributed by atoms with Crippen LogP contribution >= 0.6 is 22.6 Å². The molecule has 0 amide bonds. The molecule has 4 nitrogen and oxygen atoms in total. The van der Waals surface area contributed by atoms with Crippen LogP contribution in [0.4, 0.5) is 5.82 Å². The molecule has 2 N–H and O–H groups in total. The molecule has 0 fully saturated rings. The molecule has 0 aliphatic carbocycles. The van der Waals surface area contributed by atoms with Crippen molar-refractivity contribution in [1.29, 1.82) is 0 Å². The first-order chi connectivity index (χ1) is 8.86. The molecule has 0 radical (unpaired) electrons. The Morgan fingerprint density at radius 3 is 2.32 bits per heavy atom. The van der Waals surface area contributed by atoms with E-state index in [1.807, 2.05) is 6.92 Å². The second kappa shape index (κ2) is 7.38. The molecule has 0 saturated heterocycles. The van der Waals surface area contributed by atoms with Gasteiger partial charge in [-0.1, -0.05) is 27.7 Å². The molecular formula is C14H24IN3O. The summed E-state index contributed by atoms with van der Waals surface area (Å²) in [5.74, 6) is 2.14. The molecule has 1 unspecified atom stereocenters. The van der Waals surface area contributed by atoms with Gasteiger partial charge in [-0.25, -0.2) is 9.97 Å². The average Bonchev–Trinajstić information content (AvgIpc) is 2.30. The molecule has 1 aromatic heterocycles. The molecule has 108 valence electrons. The van der Waals surface area contributed by atoms with Gasteiger partial charge in [0.15, 0.2) is 5.82 Å². The van der Waals surface area contributed by atoms with Crippen molar-refractivity contribution in [3.8, 4) is 0 Å². The van der Waals surface area contributed by atoms with Crippen LogP contribution in [0.15, 0.2) is 0 Å². The minimum absolute atomic E-state index is 0.0878. The molecule has 1 atom stereocenters. The summed E-state index contributed by atoms with van der Waals surface area (Å²) >= 11 is 2.23. The maximum Gasteiger partial charge on any atom is 0.160 e. The Morgan fingerprint density at radius 1 is 1.21 bits per heavy atom. The number of nitrogen functional groups attached to an aromatic ring is 1. The van der Waals surface area contributed by atoms with Crippen molar-refractivity contribution in [2.45, 2.75) is 47.1 Å². The van der Waals surface area contributed by atoms with Gasteiger partial charge in [0.1, 0.15) is 11.9 Å². The standard InChI is InChI=1S/C14H24IN3O/c1-6-19-12(9(4)5)14-17-10(7-8(2)3)11(15)13(16)18-14/h8-9,12H,6-7H2,1-5H3,(H2,16,17,18).